The Balaban J connectivity index is 1.59. The average Bonchev–Trinajstić information content (AvgIpc) is 2.98. The molecule has 0 aromatic heterocycles. The third-order valence-corrected chi connectivity index (χ3v) is 8.15. The molecule has 0 unspecified atom stereocenters. The number of carbonyl (C=O) groups excluding carboxylic acids is 2. The van der Waals surface area contributed by atoms with Gasteiger partial charge in [0.15, 0.2) is 28.8 Å². The van der Waals surface area contributed by atoms with Gasteiger partial charge in [-0.15, -0.1) is 0 Å². The van der Waals surface area contributed by atoms with E-state index in [1.54, 1.807) is 26.4 Å². The molecule has 3 N–H and O–H groups in total. The molecule has 8 nitrogen and oxygen atoms in total. The molecule has 0 spiro atoms. The number of phenols is 1. The van der Waals surface area contributed by atoms with Crippen LogP contribution in [0.15, 0.2) is 77.1 Å². The number of dihydropyridines is 1. The van der Waals surface area contributed by atoms with E-state index in [-0.39, 0.29) is 40.6 Å². The molecule has 2 aliphatic rings. The number of ether oxygens (including phenoxy) is 3. The molecule has 1 amide bonds. The molecule has 1 heterocycles. The summed E-state index contributed by atoms with van der Waals surface area (Å²) in [7, 11) is 4.58. The van der Waals surface area contributed by atoms with Gasteiger partial charge in [-0.05, 0) is 73.7 Å². The summed E-state index contributed by atoms with van der Waals surface area (Å²) >= 11 is 6.41. The highest BCUT2D eigenvalue weighted by Gasteiger charge is 2.41. The van der Waals surface area contributed by atoms with Crippen LogP contribution in [0.5, 0.6) is 23.0 Å². The van der Waals surface area contributed by atoms with Crippen LogP contribution in [0, 0.1) is 6.92 Å². The third kappa shape index (κ3) is 5.42. The smallest absolute Gasteiger partial charge is 0.254 e. The zero-order valence-corrected chi connectivity index (χ0v) is 24.9. The predicted octanol–water partition coefficient (Wildman–Crippen LogP) is 6.38. The summed E-state index contributed by atoms with van der Waals surface area (Å²) in [5, 5.41) is 16.9. The van der Waals surface area contributed by atoms with Crippen molar-refractivity contribution in [2.45, 2.75) is 38.5 Å². The summed E-state index contributed by atoms with van der Waals surface area (Å²) in [6, 6.07) is 16.4. The van der Waals surface area contributed by atoms with E-state index in [2.05, 4.69) is 10.6 Å². The maximum absolute atomic E-state index is 14.0. The summed E-state index contributed by atoms with van der Waals surface area (Å²) in [4.78, 5) is 27.9. The van der Waals surface area contributed by atoms with Gasteiger partial charge in [-0.2, -0.15) is 0 Å². The molecule has 0 radical (unpaired) electrons. The molecule has 2 atom stereocenters. The monoisotopic (exact) mass is 588 g/mol. The van der Waals surface area contributed by atoms with Crippen molar-refractivity contribution >= 4 is 29.0 Å². The second-order valence-corrected chi connectivity index (χ2v) is 10.9. The molecule has 42 heavy (non-hydrogen) atoms. The van der Waals surface area contributed by atoms with Gasteiger partial charge in [0.25, 0.3) is 5.91 Å². The quantitative estimate of drug-likeness (QED) is 0.294. The number of benzene rings is 3. The highest BCUT2D eigenvalue weighted by molar-refractivity contribution is 6.32. The minimum Gasteiger partial charge on any atom is -0.503 e. The molecule has 218 valence electrons. The molecule has 1 aliphatic carbocycles. The van der Waals surface area contributed by atoms with E-state index in [1.165, 1.54) is 7.11 Å². The van der Waals surface area contributed by atoms with Crippen LogP contribution in [0.1, 0.15) is 48.3 Å². The molecule has 0 saturated carbocycles. The van der Waals surface area contributed by atoms with Gasteiger partial charge in [0.05, 0.1) is 26.4 Å². The van der Waals surface area contributed by atoms with Crippen molar-refractivity contribution in [3.63, 3.8) is 0 Å². The number of amides is 1. The largest absolute Gasteiger partial charge is 0.503 e. The number of aryl methyl sites for hydroxylation is 1. The lowest BCUT2D eigenvalue weighted by atomic mass is 9.71. The van der Waals surface area contributed by atoms with Crippen LogP contribution in [0.25, 0.3) is 0 Å². The topological polar surface area (TPSA) is 106 Å². The molecule has 0 fully saturated rings. The number of hydrogen-bond donors (Lipinski definition) is 3. The number of phenolic OH excluding ortho intramolecular Hbond substituents is 1. The lowest BCUT2D eigenvalue weighted by Gasteiger charge is -2.37. The van der Waals surface area contributed by atoms with Crippen molar-refractivity contribution in [3.05, 3.63) is 98.9 Å². The van der Waals surface area contributed by atoms with Gasteiger partial charge >= 0.3 is 0 Å². The zero-order chi connectivity index (χ0) is 30.1. The minimum atomic E-state index is -0.738. The second-order valence-electron chi connectivity index (χ2n) is 10.5. The number of allylic oxidation sites excluding steroid dienone is 3. The fourth-order valence-electron chi connectivity index (χ4n) is 5.77. The van der Waals surface area contributed by atoms with Crippen LogP contribution in [-0.2, 0) is 9.59 Å². The SMILES string of the molecule is COc1ccc([C@H]2CC(=O)C3=C(C2)NC(C)=C(C(=O)Nc2ccc(C)cc2)[C@@H]3c2cc(Cl)c(O)c(OC)c2)cc1OC. The van der Waals surface area contributed by atoms with Crippen molar-refractivity contribution in [1.82, 2.24) is 5.32 Å². The Morgan fingerprint density at radius 3 is 2.24 bits per heavy atom. The first kappa shape index (κ1) is 29.1. The second kappa shape index (κ2) is 11.8. The standard InChI is InChI=1S/C33H33ClN2O6/c1-17-6-9-22(10-7-17)36-33(39)29-18(2)35-24-13-20(19-8-11-26(40-3)27(15-19)41-4)14-25(37)31(24)30(29)21-12-23(34)32(38)28(16-21)42-5/h6-12,15-16,20,30,35,38H,13-14H2,1-5H3,(H,36,39)/t20-,30+/m1/s1. The Labute approximate surface area is 249 Å². The zero-order valence-electron chi connectivity index (χ0n) is 24.1. The molecule has 1 aliphatic heterocycles. The van der Waals surface area contributed by atoms with Crippen LogP contribution in [0.3, 0.4) is 0 Å². The number of halogens is 1. The van der Waals surface area contributed by atoms with E-state index in [9.17, 15) is 14.7 Å². The van der Waals surface area contributed by atoms with Crippen LogP contribution < -0.4 is 24.8 Å². The van der Waals surface area contributed by atoms with Gasteiger partial charge in [0, 0.05) is 40.6 Å². The van der Waals surface area contributed by atoms with Crippen LogP contribution in [0.2, 0.25) is 5.02 Å². The first-order valence-corrected chi connectivity index (χ1v) is 13.9. The van der Waals surface area contributed by atoms with E-state index < -0.39 is 5.92 Å². The summed E-state index contributed by atoms with van der Waals surface area (Å²) in [5.41, 5.74) is 5.45. The van der Waals surface area contributed by atoms with Gasteiger partial charge in [-0.3, -0.25) is 9.59 Å². The van der Waals surface area contributed by atoms with E-state index in [0.717, 1.165) is 16.8 Å². The van der Waals surface area contributed by atoms with E-state index >= 15 is 0 Å². The number of ketones is 1. The molecule has 3 aromatic carbocycles. The fourth-order valence-corrected chi connectivity index (χ4v) is 5.99. The number of carbonyl (C=O) groups is 2. The number of anilines is 1. The highest BCUT2D eigenvalue weighted by atomic mass is 35.5. The average molecular weight is 589 g/mol. The molecule has 9 heteroatoms. The third-order valence-electron chi connectivity index (χ3n) is 7.86. The fraction of sp³-hybridized carbons (Fsp3) is 0.273. The Morgan fingerprint density at radius 2 is 1.57 bits per heavy atom. The van der Waals surface area contributed by atoms with Crippen molar-refractivity contribution in [2.24, 2.45) is 0 Å². The number of hydrogen-bond acceptors (Lipinski definition) is 7. The van der Waals surface area contributed by atoms with Crippen LogP contribution >= 0.6 is 11.6 Å². The molecular weight excluding hydrogens is 556 g/mol. The number of Topliss-reactive ketones (excluding diaryl/α,β-unsaturated/α-hetero) is 1. The van der Waals surface area contributed by atoms with Crippen molar-refractivity contribution in [2.75, 3.05) is 26.6 Å². The number of aromatic hydroxyl groups is 1. The van der Waals surface area contributed by atoms with Gasteiger partial charge < -0.3 is 30.0 Å². The van der Waals surface area contributed by atoms with E-state index in [0.29, 0.717) is 46.0 Å². The van der Waals surface area contributed by atoms with Gasteiger partial charge in [0.1, 0.15) is 0 Å². The normalized spacial score (nSPS) is 18.3. The Kier molecular flexibility index (Phi) is 8.18. The Morgan fingerprint density at radius 1 is 0.905 bits per heavy atom. The summed E-state index contributed by atoms with van der Waals surface area (Å²) in [5.74, 6) is -0.144. The Bertz CT molecular complexity index is 1630. The van der Waals surface area contributed by atoms with Crippen LogP contribution in [0.4, 0.5) is 5.69 Å². The highest BCUT2D eigenvalue weighted by Crippen LogP contribution is 2.48. The molecule has 5 rings (SSSR count). The van der Waals surface area contributed by atoms with Crippen molar-refractivity contribution < 1.29 is 28.9 Å². The van der Waals surface area contributed by atoms with E-state index in [1.807, 2.05) is 56.3 Å². The lowest BCUT2D eigenvalue weighted by Crippen LogP contribution is -2.37. The maximum atomic E-state index is 14.0. The number of rotatable bonds is 7. The lowest BCUT2D eigenvalue weighted by molar-refractivity contribution is -0.116. The Hall–Kier alpha value is -4.43. The van der Waals surface area contributed by atoms with Crippen molar-refractivity contribution in [3.8, 4) is 23.0 Å². The number of methoxy groups -OCH3 is 3. The summed E-state index contributed by atoms with van der Waals surface area (Å²) in [6.45, 7) is 3.80. The predicted molar refractivity (Wildman–Crippen MR) is 162 cm³/mol. The minimum absolute atomic E-state index is 0.0624. The van der Waals surface area contributed by atoms with E-state index in [4.69, 9.17) is 25.8 Å². The maximum Gasteiger partial charge on any atom is 0.254 e. The molecule has 3 aromatic rings. The first-order valence-electron chi connectivity index (χ1n) is 13.6. The first-order chi connectivity index (χ1) is 20.1. The molecule has 0 saturated heterocycles. The van der Waals surface area contributed by atoms with Crippen LogP contribution in [-0.4, -0.2) is 38.1 Å². The van der Waals surface area contributed by atoms with Crippen molar-refractivity contribution in [1.29, 1.82) is 0 Å². The van der Waals surface area contributed by atoms with Gasteiger partial charge in [0.2, 0.25) is 0 Å². The summed E-state index contributed by atoms with van der Waals surface area (Å²) < 4.78 is 16.3. The summed E-state index contributed by atoms with van der Waals surface area (Å²) in [6.07, 6.45) is 0.779. The molecular formula is C33H33ClN2O6. The van der Waals surface area contributed by atoms with Gasteiger partial charge in [-0.25, -0.2) is 0 Å². The molecule has 0 bridgehead atoms. The number of nitrogens with one attached hydrogen (secondary N) is 2. The van der Waals surface area contributed by atoms with Gasteiger partial charge in [-0.1, -0.05) is 35.4 Å².